The number of nitrogens with zero attached hydrogens (tertiary/aromatic N) is 2. The number of halogens is 1. The van der Waals surface area contributed by atoms with Crippen LogP contribution in [0.3, 0.4) is 0 Å². The predicted octanol–water partition coefficient (Wildman–Crippen LogP) is 2.31. The van der Waals surface area contributed by atoms with E-state index < -0.39 is 0 Å². The van der Waals surface area contributed by atoms with Crippen LogP contribution in [0.2, 0.25) is 0 Å². The van der Waals surface area contributed by atoms with Gasteiger partial charge in [0.2, 0.25) is 5.91 Å². The second-order valence-electron chi connectivity index (χ2n) is 3.74. The maximum Gasteiger partial charge on any atom is 0.227 e. The standard InChI is InChI=1S/C10H11BrN4O/c1-5(2)10(16)14-6-3-12-9-8(6)15-7(11)4-13-9/h3-5H,1-2H3,(H,12,13)(H,14,16). The lowest BCUT2D eigenvalue weighted by atomic mass is 10.2. The number of aromatic nitrogens is 3. The van der Waals surface area contributed by atoms with E-state index in [0.717, 1.165) is 0 Å². The van der Waals surface area contributed by atoms with Gasteiger partial charge in [-0.25, -0.2) is 9.97 Å². The summed E-state index contributed by atoms with van der Waals surface area (Å²) in [5.74, 6) is -0.104. The Morgan fingerprint density at radius 2 is 2.31 bits per heavy atom. The van der Waals surface area contributed by atoms with Crippen LogP contribution in [0.4, 0.5) is 5.69 Å². The summed E-state index contributed by atoms with van der Waals surface area (Å²) < 4.78 is 0.639. The smallest absolute Gasteiger partial charge is 0.227 e. The molecule has 1 amide bonds. The van der Waals surface area contributed by atoms with Gasteiger partial charge in [0.05, 0.1) is 11.9 Å². The quantitative estimate of drug-likeness (QED) is 0.888. The van der Waals surface area contributed by atoms with Crippen LogP contribution in [-0.2, 0) is 4.79 Å². The molecule has 0 aromatic carbocycles. The number of rotatable bonds is 2. The van der Waals surface area contributed by atoms with E-state index >= 15 is 0 Å². The van der Waals surface area contributed by atoms with Crippen LogP contribution >= 0.6 is 15.9 Å². The van der Waals surface area contributed by atoms with Crippen molar-refractivity contribution in [3.8, 4) is 0 Å². The lowest BCUT2D eigenvalue weighted by Gasteiger charge is -2.05. The molecule has 2 N–H and O–H groups in total. The molecule has 2 aromatic rings. The zero-order chi connectivity index (χ0) is 11.7. The predicted molar refractivity (Wildman–Crippen MR) is 65.1 cm³/mol. The number of anilines is 1. The van der Waals surface area contributed by atoms with Gasteiger partial charge in [0, 0.05) is 12.1 Å². The highest BCUT2D eigenvalue weighted by molar-refractivity contribution is 9.10. The van der Waals surface area contributed by atoms with E-state index in [9.17, 15) is 4.79 Å². The van der Waals surface area contributed by atoms with Gasteiger partial charge in [0.15, 0.2) is 5.65 Å². The summed E-state index contributed by atoms with van der Waals surface area (Å²) in [5, 5.41) is 2.80. The van der Waals surface area contributed by atoms with Crippen LogP contribution in [-0.4, -0.2) is 20.9 Å². The lowest BCUT2D eigenvalue weighted by Crippen LogP contribution is -2.17. The molecule has 0 bridgehead atoms. The average Bonchev–Trinajstić information content (AvgIpc) is 2.61. The maximum absolute atomic E-state index is 11.6. The molecule has 0 aliphatic heterocycles. The van der Waals surface area contributed by atoms with E-state index in [1.165, 1.54) is 0 Å². The third-order valence-corrected chi connectivity index (χ3v) is 2.52. The first-order valence-corrected chi connectivity index (χ1v) is 5.67. The van der Waals surface area contributed by atoms with Gasteiger partial charge in [-0.3, -0.25) is 4.79 Å². The topological polar surface area (TPSA) is 70.7 Å². The number of fused-ring (bicyclic) bond motifs is 1. The van der Waals surface area contributed by atoms with E-state index in [-0.39, 0.29) is 11.8 Å². The lowest BCUT2D eigenvalue weighted by molar-refractivity contribution is -0.118. The van der Waals surface area contributed by atoms with Crippen molar-refractivity contribution in [2.75, 3.05) is 5.32 Å². The van der Waals surface area contributed by atoms with Crippen molar-refractivity contribution in [1.29, 1.82) is 0 Å². The number of aromatic amines is 1. The third kappa shape index (κ3) is 2.06. The zero-order valence-corrected chi connectivity index (χ0v) is 10.5. The summed E-state index contributed by atoms with van der Waals surface area (Å²) in [7, 11) is 0. The molecule has 2 heterocycles. The van der Waals surface area contributed by atoms with Gasteiger partial charge in [0.1, 0.15) is 10.1 Å². The largest absolute Gasteiger partial charge is 0.343 e. The van der Waals surface area contributed by atoms with Crippen LogP contribution in [0.5, 0.6) is 0 Å². The Morgan fingerprint density at radius 3 is 3.00 bits per heavy atom. The first-order chi connectivity index (χ1) is 7.58. The average molecular weight is 283 g/mol. The number of nitrogens with one attached hydrogen (secondary N) is 2. The molecule has 0 unspecified atom stereocenters. The van der Waals surface area contributed by atoms with Crippen molar-refractivity contribution in [3.05, 3.63) is 17.0 Å². The van der Waals surface area contributed by atoms with Crippen LogP contribution in [0.15, 0.2) is 17.0 Å². The summed E-state index contributed by atoms with van der Waals surface area (Å²) in [6.45, 7) is 3.68. The number of H-pyrrole nitrogens is 1. The molecule has 5 nitrogen and oxygen atoms in total. The maximum atomic E-state index is 11.6. The summed E-state index contributed by atoms with van der Waals surface area (Å²) >= 11 is 3.25. The Kier molecular flexibility index (Phi) is 2.91. The number of hydrogen-bond acceptors (Lipinski definition) is 3. The van der Waals surface area contributed by atoms with E-state index in [1.54, 1.807) is 12.4 Å². The van der Waals surface area contributed by atoms with Crippen molar-refractivity contribution in [2.24, 2.45) is 5.92 Å². The summed E-state index contributed by atoms with van der Waals surface area (Å²) in [6.07, 6.45) is 3.30. The second-order valence-corrected chi connectivity index (χ2v) is 4.55. The number of amides is 1. The van der Waals surface area contributed by atoms with Crippen molar-refractivity contribution in [2.45, 2.75) is 13.8 Å². The molecule has 84 valence electrons. The summed E-state index contributed by atoms with van der Waals surface area (Å²) in [5.41, 5.74) is 1.97. The molecular formula is C10H11BrN4O. The molecule has 0 saturated heterocycles. The first-order valence-electron chi connectivity index (χ1n) is 4.88. The van der Waals surface area contributed by atoms with Crippen molar-refractivity contribution in [1.82, 2.24) is 15.0 Å². The van der Waals surface area contributed by atoms with Gasteiger partial charge in [-0.1, -0.05) is 13.8 Å². The second kappa shape index (κ2) is 4.21. The van der Waals surface area contributed by atoms with Crippen molar-refractivity contribution in [3.63, 3.8) is 0 Å². The van der Waals surface area contributed by atoms with Crippen LogP contribution < -0.4 is 5.32 Å². The van der Waals surface area contributed by atoms with Crippen LogP contribution in [0.25, 0.3) is 11.2 Å². The van der Waals surface area contributed by atoms with Gasteiger partial charge < -0.3 is 10.3 Å². The minimum Gasteiger partial charge on any atom is -0.343 e. The number of carbonyl (C=O) groups excluding carboxylic acids is 1. The van der Waals surface area contributed by atoms with E-state index in [4.69, 9.17) is 0 Å². The van der Waals surface area contributed by atoms with E-state index in [2.05, 4.69) is 36.2 Å². The highest BCUT2D eigenvalue weighted by atomic mass is 79.9. The molecular weight excluding hydrogens is 272 g/mol. The molecule has 6 heteroatoms. The molecule has 0 atom stereocenters. The van der Waals surface area contributed by atoms with Gasteiger partial charge in [-0.15, -0.1) is 0 Å². The van der Waals surface area contributed by atoms with Gasteiger partial charge >= 0.3 is 0 Å². The van der Waals surface area contributed by atoms with Crippen molar-refractivity contribution < 1.29 is 4.79 Å². The van der Waals surface area contributed by atoms with Gasteiger partial charge in [0.25, 0.3) is 0 Å². The SMILES string of the molecule is CC(C)C(=O)Nc1c[nH]c2ncc(Br)nc12. The fourth-order valence-corrected chi connectivity index (χ4v) is 1.52. The van der Waals surface area contributed by atoms with E-state index in [0.29, 0.717) is 21.5 Å². The fourth-order valence-electron chi connectivity index (χ4n) is 1.24. The van der Waals surface area contributed by atoms with Gasteiger partial charge in [-0.2, -0.15) is 0 Å². The van der Waals surface area contributed by atoms with Crippen LogP contribution in [0, 0.1) is 5.92 Å². The minimum atomic E-state index is -0.0648. The fraction of sp³-hybridized carbons (Fsp3) is 0.300. The number of hydrogen-bond donors (Lipinski definition) is 2. The Balaban J connectivity index is 2.38. The molecule has 0 radical (unpaired) electrons. The molecule has 16 heavy (non-hydrogen) atoms. The monoisotopic (exact) mass is 282 g/mol. The third-order valence-electron chi connectivity index (χ3n) is 2.13. The molecule has 0 aliphatic rings. The molecule has 0 spiro atoms. The molecule has 0 saturated carbocycles. The van der Waals surface area contributed by atoms with E-state index in [1.807, 2.05) is 13.8 Å². The molecule has 0 fully saturated rings. The molecule has 2 rings (SSSR count). The minimum absolute atomic E-state index is 0.0392. The Labute approximate surface area is 101 Å². The first kappa shape index (κ1) is 11.1. The van der Waals surface area contributed by atoms with Gasteiger partial charge in [-0.05, 0) is 15.9 Å². The Hall–Kier alpha value is -1.43. The normalized spacial score (nSPS) is 11.0. The highest BCUT2D eigenvalue weighted by Crippen LogP contribution is 2.21. The Bertz CT molecular complexity index is 535. The zero-order valence-electron chi connectivity index (χ0n) is 8.91. The van der Waals surface area contributed by atoms with Crippen LogP contribution in [0.1, 0.15) is 13.8 Å². The highest BCUT2D eigenvalue weighted by Gasteiger charge is 2.12. The molecule has 0 aliphatic carbocycles. The summed E-state index contributed by atoms with van der Waals surface area (Å²) in [4.78, 5) is 22.9. The molecule has 2 aromatic heterocycles. The number of carbonyl (C=O) groups is 1. The summed E-state index contributed by atoms with van der Waals surface area (Å²) in [6, 6.07) is 0. The van der Waals surface area contributed by atoms with Crippen molar-refractivity contribution >= 4 is 38.7 Å². The Morgan fingerprint density at radius 1 is 1.56 bits per heavy atom.